The van der Waals surface area contributed by atoms with E-state index in [2.05, 4.69) is 10.3 Å². The summed E-state index contributed by atoms with van der Waals surface area (Å²) in [6, 6.07) is 10.9. The first-order valence-electron chi connectivity index (χ1n) is 5.72. The Morgan fingerprint density at radius 2 is 2.00 bits per heavy atom. The maximum atomic E-state index is 12.0. The molecule has 92 valence electrons. The van der Waals surface area contributed by atoms with Gasteiger partial charge < -0.3 is 11.1 Å². The molecule has 1 heterocycles. The average Bonchev–Trinajstić information content (AvgIpc) is 2.41. The summed E-state index contributed by atoms with van der Waals surface area (Å²) in [4.78, 5) is 16.1. The number of benzene rings is 1. The zero-order chi connectivity index (χ0) is 13.0. The first kappa shape index (κ1) is 12.3. The summed E-state index contributed by atoms with van der Waals surface area (Å²) in [7, 11) is 0. The molecule has 2 rings (SSSR count). The third-order valence-electron chi connectivity index (χ3n) is 2.71. The van der Waals surface area contributed by atoms with Crippen LogP contribution in [0.5, 0.6) is 0 Å². The maximum absolute atomic E-state index is 12.0. The summed E-state index contributed by atoms with van der Waals surface area (Å²) in [6.07, 6.45) is 1.70. The van der Waals surface area contributed by atoms with Gasteiger partial charge in [0.05, 0.1) is 11.4 Å². The average molecular weight is 241 g/mol. The quantitative estimate of drug-likeness (QED) is 0.864. The van der Waals surface area contributed by atoms with Crippen molar-refractivity contribution in [1.29, 1.82) is 0 Å². The predicted molar refractivity (Wildman–Crippen MR) is 71.3 cm³/mol. The Labute approximate surface area is 106 Å². The van der Waals surface area contributed by atoms with Crippen LogP contribution in [-0.4, -0.2) is 10.9 Å². The molecular weight excluding hydrogens is 226 g/mol. The van der Waals surface area contributed by atoms with Crippen molar-refractivity contribution in [3.8, 4) is 0 Å². The lowest BCUT2D eigenvalue weighted by atomic mass is 10.1. The molecular formula is C14H15N3O. The second-order valence-electron chi connectivity index (χ2n) is 3.99. The number of carbonyl (C=O) groups excluding carboxylic acids is 1. The van der Waals surface area contributed by atoms with Gasteiger partial charge >= 0.3 is 0 Å². The smallest absolute Gasteiger partial charge is 0.255 e. The van der Waals surface area contributed by atoms with Crippen LogP contribution >= 0.6 is 0 Å². The lowest BCUT2D eigenvalue weighted by Gasteiger charge is -2.07. The van der Waals surface area contributed by atoms with Gasteiger partial charge in [-0.2, -0.15) is 0 Å². The van der Waals surface area contributed by atoms with Crippen LogP contribution in [0, 0.1) is 6.92 Å². The maximum Gasteiger partial charge on any atom is 0.255 e. The van der Waals surface area contributed by atoms with E-state index in [1.165, 1.54) is 0 Å². The van der Waals surface area contributed by atoms with Gasteiger partial charge in [-0.1, -0.05) is 12.1 Å². The van der Waals surface area contributed by atoms with Gasteiger partial charge in [-0.05, 0) is 36.8 Å². The number of carbonyl (C=O) groups is 1. The summed E-state index contributed by atoms with van der Waals surface area (Å²) < 4.78 is 0. The second kappa shape index (κ2) is 5.42. The third kappa shape index (κ3) is 2.73. The zero-order valence-corrected chi connectivity index (χ0v) is 10.2. The molecule has 0 saturated carbocycles. The van der Waals surface area contributed by atoms with Gasteiger partial charge in [-0.25, -0.2) is 0 Å². The van der Waals surface area contributed by atoms with Gasteiger partial charge in [0.1, 0.15) is 0 Å². The monoisotopic (exact) mass is 241 g/mol. The molecule has 0 bridgehead atoms. The van der Waals surface area contributed by atoms with Crippen molar-refractivity contribution >= 4 is 11.6 Å². The van der Waals surface area contributed by atoms with Crippen molar-refractivity contribution in [2.24, 2.45) is 5.73 Å². The van der Waals surface area contributed by atoms with Crippen molar-refractivity contribution in [1.82, 2.24) is 4.98 Å². The number of hydrogen-bond acceptors (Lipinski definition) is 3. The van der Waals surface area contributed by atoms with E-state index in [9.17, 15) is 4.79 Å². The predicted octanol–water partition coefficient (Wildman–Crippen LogP) is 2.10. The minimum Gasteiger partial charge on any atom is -0.326 e. The van der Waals surface area contributed by atoms with Gasteiger partial charge in [0.15, 0.2) is 0 Å². The van der Waals surface area contributed by atoms with Crippen LogP contribution in [0.1, 0.15) is 21.6 Å². The number of aromatic nitrogens is 1. The fourth-order valence-corrected chi connectivity index (χ4v) is 1.60. The lowest BCUT2D eigenvalue weighted by molar-refractivity contribution is 0.102. The Morgan fingerprint density at radius 3 is 2.61 bits per heavy atom. The topological polar surface area (TPSA) is 68.0 Å². The molecule has 4 heteroatoms. The molecule has 0 fully saturated rings. The van der Waals surface area contributed by atoms with Crippen LogP contribution < -0.4 is 11.1 Å². The molecule has 2 aromatic rings. The molecule has 0 unspecified atom stereocenters. The van der Waals surface area contributed by atoms with Crippen molar-refractivity contribution in [3.05, 3.63) is 59.4 Å². The first-order chi connectivity index (χ1) is 8.70. The number of amides is 1. The summed E-state index contributed by atoms with van der Waals surface area (Å²) >= 11 is 0. The van der Waals surface area contributed by atoms with E-state index in [4.69, 9.17) is 5.73 Å². The summed E-state index contributed by atoms with van der Waals surface area (Å²) in [5.41, 5.74) is 8.64. The van der Waals surface area contributed by atoms with Crippen molar-refractivity contribution in [3.63, 3.8) is 0 Å². The highest BCUT2D eigenvalue weighted by molar-refractivity contribution is 6.04. The highest BCUT2D eigenvalue weighted by Crippen LogP contribution is 2.12. The van der Waals surface area contributed by atoms with Crippen LogP contribution in [0.4, 0.5) is 5.69 Å². The van der Waals surface area contributed by atoms with Crippen molar-refractivity contribution < 1.29 is 4.79 Å². The minimum atomic E-state index is -0.144. The van der Waals surface area contributed by atoms with Gasteiger partial charge in [0.25, 0.3) is 5.91 Å². The first-order valence-corrected chi connectivity index (χ1v) is 5.72. The van der Waals surface area contributed by atoms with Crippen LogP contribution in [0.25, 0.3) is 0 Å². The Kier molecular flexibility index (Phi) is 3.69. The molecule has 1 aromatic heterocycles. The molecule has 3 N–H and O–H groups in total. The van der Waals surface area contributed by atoms with E-state index in [0.29, 0.717) is 12.1 Å². The number of anilines is 1. The molecule has 0 aliphatic carbocycles. The van der Waals surface area contributed by atoms with Gasteiger partial charge in [0.2, 0.25) is 0 Å². The Hall–Kier alpha value is -2.20. The van der Waals surface area contributed by atoms with E-state index in [1.807, 2.05) is 25.1 Å². The highest BCUT2D eigenvalue weighted by Gasteiger charge is 2.07. The fraction of sp³-hybridized carbons (Fsp3) is 0.143. The summed E-state index contributed by atoms with van der Waals surface area (Å²) in [6.45, 7) is 2.33. The molecule has 0 atom stereocenters. The number of nitrogens with zero attached hydrogens (tertiary/aromatic N) is 1. The highest BCUT2D eigenvalue weighted by atomic mass is 16.1. The van der Waals surface area contributed by atoms with Gasteiger partial charge in [0, 0.05) is 18.3 Å². The normalized spacial score (nSPS) is 10.1. The van der Waals surface area contributed by atoms with Crippen LogP contribution in [0.15, 0.2) is 42.6 Å². The van der Waals surface area contributed by atoms with E-state index in [-0.39, 0.29) is 5.91 Å². The molecule has 0 aliphatic rings. The Balaban J connectivity index is 2.14. The molecule has 0 aliphatic heterocycles. The number of aryl methyl sites for hydroxylation is 1. The van der Waals surface area contributed by atoms with Gasteiger partial charge in [-0.3, -0.25) is 9.78 Å². The summed E-state index contributed by atoms with van der Waals surface area (Å²) in [5, 5.41) is 2.83. The van der Waals surface area contributed by atoms with E-state index >= 15 is 0 Å². The zero-order valence-electron chi connectivity index (χ0n) is 10.2. The number of hydrogen-bond donors (Lipinski definition) is 2. The number of pyridine rings is 1. The summed E-state index contributed by atoms with van der Waals surface area (Å²) in [5.74, 6) is -0.144. The lowest BCUT2D eigenvalue weighted by Crippen LogP contribution is -2.13. The fourth-order valence-electron chi connectivity index (χ4n) is 1.60. The van der Waals surface area contributed by atoms with E-state index in [1.54, 1.807) is 24.4 Å². The number of nitrogens with one attached hydrogen (secondary N) is 1. The second-order valence-corrected chi connectivity index (χ2v) is 3.99. The Bertz CT molecular complexity index is 549. The molecule has 4 nitrogen and oxygen atoms in total. The Morgan fingerprint density at radius 1 is 1.28 bits per heavy atom. The minimum absolute atomic E-state index is 0.144. The number of nitrogens with two attached hydrogens (primary N) is 1. The molecule has 1 amide bonds. The van der Waals surface area contributed by atoms with E-state index in [0.717, 1.165) is 16.9 Å². The van der Waals surface area contributed by atoms with Crippen LogP contribution in [-0.2, 0) is 6.54 Å². The molecule has 0 radical (unpaired) electrons. The molecule has 1 aromatic carbocycles. The third-order valence-corrected chi connectivity index (χ3v) is 2.71. The largest absolute Gasteiger partial charge is 0.326 e. The molecule has 0 spiro atoms. The van der Waals surface area contributed by atoms with Crippen molar-refractivity contribution in [2.45, 2.75) is 13.5 Å². The molecule has 0 saturated heterocycles. The van der Waals surface area contributed by atoms with Crippen LogP contribution in [0.3, 0.4) is 0 Å². The van der Waals surface area contributed by atoms with Crippen molar-refractivity contribution in [2.75, 3.05) is 5.32 Å². The van der Waals surface area contributed by atoms with Gasteiger partial charge in [-0.15, -0.1) is 0 Å². The van der Waals surface area contributed by atoms with Crippen LogP contribution in [0.2, 0.25) is 0 Å². The van der Waals surface area contributed by atoms with E-state index < -0.39 is 0 Å². The SMILES string of the molecule is Cc1ncccc1NC(=O)c1ccc(CN)cc1. The molecule has 18 heavy (non-hydrogen) atoms. The number of rotatable bonds is 3. The standard InChI is InChI=1S/C14H15N3O/c1-10-13(3-2-8-16-10)17-14(18)12-6-4-11(9-15)5-7-12/h2-8H,9,15H2,1H3,(H,17,18).